The quantitative estimate of drug-likeness (QED) is 0.593. The Bertz CT molecular complexity index is 1210. The van der Waals surface area contributed by atoms with E-state index in [-0.39, 0.29) is 23.5 Å². The van der Waals surface area contributed by atoms with Crippen molar-refractivity contribution in [2.75, 3.05) is 31.8 Å². The molecule has 1 aromatic carbocycles. The summed E-state index contributed by atoms with van der Waals surface area (Å²) in [5.74, 6) is 1.25. The molecule has 2 aliphatic rings. The predicted octanol–water partition coefficient (Wildman–Crippen LogP) is 3.35. The molecule has 8 nitrogen and oxygen atoms in total. The van der Waals surface area contributed by atoms with Crippen molar-refractivity contribution in [3.05, 3.63) is 45.7 Å². The number of nitrogens with zero attached hydrogens (tertiary/aromatic N) is 3. The Morgan fingerprint density at radius 2 is 2.06 bits per heavy atom. The molecule has 0 saturated carbocycles. The van der Waals surface area contributed by atoms with Crippen LogP contribution in [0, 0.1) is 13.8 Å². The molecule has 0 N–H and O–H groups in total. The fraction of sp³-hybridized carbons (Fsp3) is 0.478. The van der Waals surface area contributed by atoms with Gasteiger partial charge in [-0.3, -0.25) is 9.48 Å². The summed E-state index contributed by atoms with van der Waals surface area (Å²) in [6.07, 6.45) is 4.55. The lowest BCUT2D eigenvalue weighted by molar-refractivity contribution is -0.125. The average Bonchev–Trinajstić information content (AvgIpc) is 3.13. The number of likely N-dealkylation sites (N-methyl/N-ethyl adjacent to an activating group) is 1. The van der Waals surface area contributed by atoms with Crippen molar-refractivity contribution < 1.29 is 22.7 Å². The van der Waals surface area contributed by atoms with Gasteiger partial charge >= 0.3 is 0 Å². The van der Waals surface area contributed by atoms with Crippen LogP contribution in [0.5, 0.6) is 11.5 Å². The Kier molecular flexibility index (Phi) is 6.72. The predicted molar refractivity (Wildman–Crippen MR) is 127 cm³/mol. The lowest BCUT2D eigenvalue weighted by Crippen LogP contribution is -2.24. The lowest BCUT2D eigenvalue weighted by atomic mass is 10.1. The van der Waals surface area contributed by atoms with Crippen molar-refractivity contribution >= 4 is 33.4 Å². The standard InChI is InChI=1S/C23H28ClN3O5S/c1-15-19(16(2)27(25-15)18-7-10-33(29,30)14-18)13-26(3)22(28)6-5-17-11-20(24)23-21(12-17)31-8-4-9-32-23/h5-6,11-12,18H,4,7-10,13-14H2,1-3H3/b6-5+. The van der Waals surface area contributed by atoms with Crippen LogP contribution in [0.3, 0.4) is 0 Å². The van der Waals surface area contributed by atoms with Crippen LogP contribution in [-0.4, -0.2) is 60.8 Å². The minimum absolute atomic E-state index is 0.115. The molecule has 178 valence electrons. The number of aromatic nitrogens is 2. The molecule has 1 amide bonds. The second kappa shape index (κ2) is 9.38. The summed E-state index contributed by atoms with van der Waals surface area (Å²) < 4.78 is 36.9. The molecular weight excluding hydrogens is 466 g/mol. The van der Waals surface area contributed by atoms with Gasteiger partial charge in [0.1, 0.15) is 0 Å². The molecule has 0 radical (unpaired) electrons. The molecule has 1 saturated heterocycles. The van der Waals surface area contributed by atoms with Gasteiger partial charge in [0.2, 0.25) is 5.91 Å². The monoisotopic (exact) mass is 493 g/mol. The van der Waals surface area contributed by atoms with Gasteiger partial charge in [0.25, 0.3) is 0 Å². The minimum Gasteiger partial charge on any atom is -0.489 e. The van der Waals surface area contributed by atoms with E-state index in [0.29, 0.717) is 42.7 Å². The van der Waals surface area contributed by atoms with Gasteiger partial charge in [-0.25, -0.2) is 8.42 Å². The van der Waals surface area contributed by atoms with Crippen LogP contribution in [0.15, 0.2) is 18.2 Å². The van der Waals surface area contributed by atoms with Crippen molar-refractivity contribution in [2.24, 2.45) is 0 Å². The molecule has 3 heterocycles. The summed E-state index contributed by atoms with van der Waals surface area (Å²) in [7, 11) is -1.28. The molecule has 2 aromatic rings. The van der Waals surface area contributed by atoms with Crippen LogP contribution in [0.25, 0.3) is 6.08 Å². The second-order valence-electron chi connectivity index (χ2n) is 8.56. The Balaban J connectivity index is 1.46. The van der Waals surface area contributed by atoms with E-state index >= 15 is 0 Å². The zero-order chi connectivity index (χ0) is 23.8. The van der Waals surface area contributed by atoms with Gasteiger partial charge in [0.05, 0.1) is 41.5 Å². The number of ether oxygens (including phenoxy) is 2. The fourth-order valence-corrected chi connectivity index (χ4v) is 6.17. The summed E-state index contributed by atoms with van der Waals surface area (Å²) in [4.78, 5) is 14.4. The summed E-state index contributed by atoms with van der Waals surface area (Å²) in [5, 5.41) is 5.02. The number of aryl methyl sites for hydroxylation is 1. The van der Waals surface area contributed by atoms with Gasteiger partial charge in [0.15, 0.2) is 21.3 Å². The van der Waals surface area contributed by atoms with E-state index < -0.39 is 9.84 Å². The summed E-state index contributed by atoms with van der Waals surface area (Å²) in [5.41, 5.74) is 3.37. The number of rotatable bonds is 5. The van der Waals surface area contributed by atoms with E-state index in [1.807, 2.05) is 24.6 Å². The van der Waals surface area contributed by atoms with E-state index in [1.165, 1.54) is 6.08 Å². The van der Waals surface area contributed by atoms with Crippen LogP contribution in [0.2, 0.25) is 5.02 Å². The number of benzene rings is 1. The number of carbonyl (C=O) groups is 1. The van der Waals surface area contributed by atoms with Crippen LogP contribution < -0.4 is 9.47 Å². The van der Waals surface area contributed by atoms with Gasteiger partial charge < -0.3 is 14.4 Å². The number of hydrogen-bond acceptors (Lipinski definition) is 6. The second-order valence-corrected chi connectivity index (χ2v) is 11.2. The van der Waals surface area contributed by atoms with Crippen LogP contribution in [-0.2, 0) is 21.2 Å². The molecule has 0 spiro atoms. The Morgan fingerprint density at radius 3 is 2.79 bits per heavy atom. The van der Waals surface area contributed by atoms with Crippen molar-refractivity contribution in [3.63, 3.8) is 0 Å². The maximum atomic E-state index is 12.8. The summed E-state index contributed by atoms with van der Waals surface area (Å²) >= 11 is 6.33. The van der Waals surface area contributed by atoms with Crippen LogP contribution in [0.1, 0.15) is 41.4 Å². The molecule has 1 fully saturated rings. The topological polar surface area (TPSA) is 90.7 Å². The molecule has 1 unspecified atom stereocenters. The van der Waals surface area contributed by atoms with Gasteiger partial charge in [-0.1, -0.05) is 11.6 Å². The van der Waals surface area contributed by atoms with Crippen molar-refractivity contribution in [1.82, 2.24) is 14.7 Å². The number of amides is 1. The first-order valence-electron chi connectivity index (χ1n) is 10.9. The first-order chi connectivity index (χ1) is 15.6. The molecule has 10 heteroatoms. The van der Waals surface area contributed by atoms with E-state index in [9.17, 15) is 13.2 Å². The van der Waals surface area contributed by atoms with E-state index in [0.717, 1.165) is 28.9 Å². The highest BCUT2D eigenvalue weighted by Gasteiger charge is 2.31. The lowest BCUT2D eigenvalue weighted by Gasteiger charge is -2.16. The zero-order valence-corrected chi connectivity index (χ0v) is 20.6. The SMILES string of the molecule is Cc1nn(C2CCS(=O)(=O)C2)c(C)c1CN(C)C(=O)/C=C/c1cc(Cl)c2c(c1)OCCCO2. The maximum absolute atomic E-state index is 12.8. The van der Waals surface area contributed by atoms with Crippen LogP contribution in [0.4, 0.5) is 0 Å². The first kappa shape index (κ1) is 23.6. The van der Waals surface area contributed by atoms with Gasteiger partial charge in [0, 0.05) is 37.3 Å². The largest absolute Gasteiger partial charge is 0.489 e. The molecule has 0 bridgehead atoms. The number of carbonyl (C=O) groups excluding carboxylic acids is 1. The molecule has 33 heavy (non-hydrogen) atoms. The molecular formula is C23H28ClN3O5S. The molecule has 1 aromatic heterocycles. The third kappa shape index (κ3) is 5.19. The molecule has 0 aliphatic carbocycles. The highest BCUT2D eigenvalue weighted by molar-refractivity contribution is 7.91. The van der Waals surface area contributed by atoms with Gasteiger partial charge in [-0.15, -0.1) is 0 Å². The van der Waals surface area contributed by atoms with E-state index in [1.54, 1.807) is 24.1 Å². The average molecular weight is 494 g/mol. The Hall–Kier alpha value is -2.52. The van der Waals surface area contributed by atoms with Gasteiger partial charge in [-0.2, -0.15) is 5.10 Å². The number of halogens is 1. The van der Waals surface area contributed by atoms with E-state index in [4.69, 9.17) is 21.1 Å². The summed E-state index contributed by atoms with van der Waals surface area (Å²) in [6.45, 7) is 5.29. The maximum Gasteiger partial charge on any atom is 0.246 e. The first-order valence-corrected chi connectivity index (χ1v) is 13.1. The Labute approximate surface area is 199 Å². The molecule has 2 aliphatic heterocycles. The highest BCUT2D eigenvalue weighted by Crippen LogP contribution is 2.38. The third-order valence-corrected chi connectivity index (χ3v) is 8.07. The van der Waals surface area contributed by atoms with Crippen LogP contribution >= 0.6 is 11.6 Å². The van der Waals surface area contributed by atoms with Crippen molar-refractivity contribution in [1.29, 1.82) is 0 Å². The number of sulfone groups is 1. The van der Waals surface area contributed by atoms with Gasteiger partial charge in [-0.05, 0) is 44.0 Å². The normalized spacial score (nSPS) is 19.6. The third-order valence-electron chi connectivity index (χ3n) is 6.04. The fourth-order valence-electron chi connectivity index (χ4n) is 4.21. The summed E-state index contributed by atoms with van der Waals surface area (Å²) in [6, 6.07) is 3.41. The zero-order valence-electron chi connectivity index (χ0n) is 19.0. The van der Waals surface area contributed by atoms with Crippen molar-refractivity contribution in [2.45, 2.75) is 39.3 Å². The Morgan fingerprint density at radius 1 is 1.30 bits per heavy atom. The highest BCUT2D eigenvalue weighted by atomic mass is 35.5. The minimum atomic E-state index is -3.01. The molecule has 4 rings (SSSR count). The number of fused-ring (bicyclic) bond motifs is 1. The smallest absolute Gasteiger partial charge is 0.246 e. The van der Waals surface area contributed by atoms with E-state index in [2.05, 4.69) is 5.10 Å². The molecule has 1 atom stereocenters. The van der Waals surface area contributed by atoms with Crippen molar-refractivity contribution in [3.8, 4) is 11.5 Å². The number of hydrogen-bond donors (Lipinski definition) is 0.